The molecule has 1 aliphatic rings. The van der Waals surface area contributed by atoms with E-state index in [0.29, 0.717) is 19.1 Å². The summed E-state index contributed by atoms with van der Waals surface area (Å²) in [5, 5.41) is 6.36. The lowest BCUT2D eigenvalue weighted by atomic mass is 9.95. The summed E-state index contributed by atoms with van der Waals surface area (Å²) in [6, 6.07) is 0.644. The molecule has 1 aliphatic carbocycles. The van der Waals surface area contributed by atoms with Gasteiger partial charge in [0, 0.05) is 39.3 Å². The Hall–Kier alpha value is -0.610. The third-order valence-corrected chi connectivity index (χ3v) is 3.24. The number of amides is 1. The van der Waals surface area contributed by atoms with Crippen LogP contribution in [0.3, 0.4) is 0 Å². The quantitative estimate of drug-likeness (QED) is 0.633. The summed E-state index contributed by atoms with van der Waals surface area (Å²) in [7, 11) is 1.68. The van der Waals surface area contributed by atoms with E-state index < -0.39 is 0 Å². The number of ether oxygens (including phenoxy) is 1. The summed E-state index contributed by atoms with van der Waals surface area (Å²) in [6.07, 6.45) is 8.06. The van der Waals surface area contributed by atoms with E-state index in [4.69, 9.17) is 4.74 Å². The van der Waals surface area contributed by atoms with Crippen molar-refractivity contribution in [2.24, 2.45) is 0 Å². The molecule has 0 aromatic heterocycles. The Kier molecular flexibility index (Phi) is 8.01. The number of rotatable bonds is 8. The second-order valence-electron chi connectivity index (χ2n) is 4.74. The molecule has 1 rings (SSSR count). The average Bonchev–Trinajstić information content (AvgIpc) is 2.36. The van der Waals surface area contributed by atoms with Crippen molar-refractivity contribution in [3.63, 3.8) is 0 Å². The molecule has 0 aromatic rings. The zero-order valence-electron chi connectivity index (χ0n) is 11.0. The number of hydrogen-bond donors (Lipinski definition) is 2. The van der Waals surface area contributed by atoms with Gasteiger partial charge in [0.15, 0.2) is 0 Å². The van der Waals surface area contributed by atoms with Crippen molar-refractivity contribution in [1.82, 2.24) is 10.6 Å². The maximum absolute atomic E-state index is 11.5. The highest BCUT2D eigenvalue weighted by atomic mass is 16.5. The molecule has 0 atom stereocenters. The molecule has 1 saturated carbocycles. The van der Waals surface area contributed by atoms with Crippen LogP contribution in [0.25, 0.3) is 0 Å². The van der Waals surface area contributed by atoms with Crippen LogP contribution in [0.2, 0.25) is 0 Å². The van der Waals surface area contributed by atoms with Crippen LogP contribution in [-0.4, -0.2) is 38.8 Å². The predicted octanol–water partition coefficient (Wildman–Crippen LogP) is 1.45. The topological polar surface area (TPSA) is 50.4 Å². The van der Waals surface area contributed by atoms with E-state index in [9.17, 15) is 4.79 Å². The van der Waals surface area contributed by atoms with Crippen molar-refractivity contribution in [2.75, 3.05) is 26.8 Å². The Balaban J connectivity index is 1.92. The van der Waals surface area contributed by atoms with Crippen molar-refractivity contribution in [3.8, 4) is 0 Å². The zero-order valence-corrected chi connectivity index (χ0v) is 11.0. The molecule has 4 heteroatoms. The second-order valence-corrected chi connectivity index (χ2v) is 4.74. The average molecular weight is 242 g/mol. The molecule has 0 bridgehead atoms. The highest BCUT2D eigenvalue weighted by Gasteiger charge is 2.12. The van der Waals surface area contributed by atoms with Crippen LogP contribution >= 0.6 is 0 Å². The van der Waals surface area contributed by atoms with Crippen molar-refractivity contribution in [1.29, 1.82) is 0 Å². The van der Waals surface area contributed by atoms with Gasteiger partial charge in [0.2, 0.25) is 5.91 Å². The summed E-state index contributed by atoms with van der Waals surface area (Å²) >= 11 is 0. The molecule has 2 N–H and O–H groups in total. The second kappa shape index (κ2) is 9.42. The Morgan fingerprint density at radius 2 is 2.00 bits per heavy atom. The molecule has 100 valence electrons. The van der Waals surface area contributed by atoms with E-state index in [2.05, 4.69) is 10.6 Å². The molecule has 0 radical (unpaired) electrons. The van der Waals surface area contributed by atoms with E-state index in [0.717, 1.165) is 19.5 Å². The van der Waals surface area contributed by atoms with Gasteiger partial charge in [-0.3, -0.25) is 4.79 Å². The van der Waals surface area contributed by atoms with Gasteiger partial charge in [-0.25, -0.2) is 0 Å². The first-order valence-corrected chi connectivity index (χ1v) is 6.82. The van der Waals surface area contributed by atoms with Crippen LogP contribution in [0, 0.1) is 0 Å². The molecule has 0 saturated heterocycles. The van der Waals surface area contributed by atoms with Crippen LogP contribution < -0.4 is 10.6 Å². The monoisotopic (exact) mass is 242 g/mol. The molecule has 0 spiro atoms. The van der Waals surface area contributed by atoms with Gasteiger partial charge in [0.1, 0.15) is 0 Å². The van der Waals surface area contributed by atoms with Gasteiger partial charge in [-0.05, 0) is 19.3 Å². The maximum atomic E-state index is 11.5. The van der Waals surface area contributed by atoms with E-state index in [1.807, 2.05) is 0 Å². The molecule has 0 aromatic carbocycles. The van der Waals surface area contributed by atoms with Gasteiger partial charge in [-0.2, -0.15) is 0 Å². The van der Waals surface area contributed by atoms with Crippen LogP contribution in [0.4, 0.5) is 0 Å². The van der Waals surface area contributed by atoms with Gasteiger partial charge in [-0.15, -0.1) is 0 Å². The molecule has 4 nitrogen and oxygen atoms in total. The van der Waals surface area contributed by atoms with Gasteiger partial charge < -0.3 is 15.4 Å². The minimum atomic E-state index is 0.143. The van der Waals surface area contributed by atoms with Gasteiger partial charge in [0.05, 0.1) is 0 Å². The summed E-state index contributed by atoms with van der Waals surface area (Å²) in [4.78, 5) is 11.5. The van der Waals surface area contributed by atoms with Crippen LogP contribution in [0.5, 0.6) is 0 Å². The van der Waals surface area contributed by atoms with E-state index >= 15 is 0 Å². The zero-order chi connectivity index (χ0) is 12.3. The molecular weight excluding hydrogens is 216 g/mol. The van der Waals surface area contributed by atoms with E-state index in [1.54, 1.807) is 7.11 Å². The first-order chi connectivity index (χ1) is 8.33. The molecule has 17 heavy (non-hydrogen) atoms. The number of nitrogens with one attached hydrogen (secondary N) is 2. The number of hydrogen-bond acceptors (Lipinski definition) is 3. The summed E-state index contributed by atoms with van der Waals surface area (Å²) in [5.74, 6) is 0.143. The minimum Gasteiger partial charge on any atom is -0.385 e. The Morgan fingerprint density at radius 1 is 1.24 bits per heavy atom. The van der Waals surface area contributed by atoms with Crippen molar-refractivity contribution in [2.45, 2.75) is 51.0 Å². The highest BCUT2D eigenvalue weighted by Crippen LogP contribution is 2.17. The number of methoxy groups -OCH3 is 1. The normalized spacial score (nSPS) is 17.0. The highest BCUT2D eigenvalue weighted by molar-refractivity contribution is 5.75. The first kappa shape index (κ1) is 14.5. The Labute approximate surface area is 104 Å². The largest absolute Gasteiger partial charge is 0.385 e. The molecule has 0 unspecified atom stereocenters. The maximum Gasteiger partial charge on any atom is 0.221 e. The van der Waals surface area contributed by atoms with Crippen LogP contribution in [0.1, 0.15) is 44.9 Å². The molecule has 1 amide bonds. The summed E-state index contributed by atoms with van der Waals surface area (Å²) in [5.41, 5.74) is 0. The smallest absolute Gasteiger partial charge is 0.221 e. The van der Waals surface area contributed by atoms with Crippen LogP contribution in [0.15, 0.2) is 0 Å². The number of carbonyl (C=O) groups is 1. The van der Waals surface area contributed by atoms with Crippen molar-refractivity contribution < 1.29 is 9.53 Å². The third-order valence-electron chi connectivity index (χ3n) is 3.24. The van der Waals surface area contributed by atoms with Crippen molar-refractivity contribution in [3.05, 3.63) is 0 Å². The first-order valence-electron chi connectivity index (χ1n) is 6.82. The fourth-order valence-electron chi connectivity index (χ4n) is 2.23. The third kappa shape index (κ3) is 7.34. The van der Waals surface area contributed by atoms with Gasteiger partial charge in [-0.1, -0.05) is 19.3 Å². The fraction of sp³-hybridized carbons (Fsp3) is 0.923. The minimum absolute atomic E-state index is 0.143. The van der Waals surface area contributed by atoms with E-state index in [1.165, 1.54) is 32.1 Å². The SMILES string of the molecule is COCCCNC(=O)CCNC1CCCCC1. The lowest BCUT2D eigenvalue weighted by Crippen LogP contribution is -2.35. The Bertz CT molecular complexity index is 204. The van der Waals surface area contributed by atoms with Gasteiger partial charge >= 0.3 is 0 Å². The fourth-order valence-corrected chi connectivity index (χ4v) is 2.23. The molecule has 0 heterocycles. The lowest BCUT2D eigenvalue weighted by Gasteiger charge is -2.22. The van der Waals surface area contributed by atoms with Crippen molar-refractivity contribution >= 4 is 5.91 Å². The number of carbonyl (C=O) groups excluding carboxylic acids is 1. The molecular formula is C13H26N2O2. The lowest BCUT2D eigenvalue weighted by molar-refractivity contribution is -0.121. The standard InChI is InChI=1S/C13H26N2O2/c1-17-11-5-9-15-13(16)8-10-14-12-6-3-2-4-7-12/h12,14H,2-11H2,1H3,(H,15,16). The predicted molar refractivity (Wildman–Crippen MR) is 69.0 cm³/mol. The molecule has 1 fully saturated rings. The summed E-state index contributed by atoms with van der Waals surface area (Å²) < 4.78 is 4.92. The summed E-state index contributed by atoms with van der Waals surface area (Å²) in [6.45, 7) is 2.23. The van der Waals surface area contributed by atoms with E-state index in [-0.39, 0.29) is 5.91 Å². The molecule has 0 aliphatic heterocycles. The Morgan fingerprint density at radius 3 is 2.71 bits per heavy atom. The van der Waals surface area contributed by atoms with Crippen LogP contribution in [-0.2, 0) is 9.53 Å². The van der Waals surface area contributed by atoms with Gasteiger partial charge in [0.25, 0.3) is 0 Å².